The van der Waals surface area contributed by atoms with Gasteiger partial charge in [0, 0.05) is 30.5 Å². The van der Waals surface area contributed by atoms with E-state index in [1.54, 1.807) is 0 Å². The SMILES string of the molecule is CCCN(CCC)c1nc(C)cc(Nc2ccc(OC(C)C)cc2)n1. The van der Waals surface area contributed by atoms with E-state index in [4.69, 9.17) is 9.72 Å². The van der Waals surface area contributed by atoms with Crippen LogP contribution in [0.4, 0.5) is 17.5 Å². The van der Waals surface area contributed by atoms with Crippen LogP contribution in [0.5, 0.6) is 5.75 Å². The van der Waals surface area contributed by atoms with Crippen LogP contribution in [0, 0.1) is 6.92 Å². The first-order chi connectivity index (χ1) is 12.0. The molecule has 25 heavy (non-hydrogen) atoms. The molecule has 5 nitrogen and oxygen atoms in total. The zero-order chi connectivity index (χ0) is 18.2. The second-order valence-corrected chi connectivity index (χ2v) is 6.50. The lowest BCUT2D eigenvalue weighted by molar-refractivity contribution is 0.242. The van der Waals surface area contributed by atoms with E-state index in [-0.39, 0.29) is 6.10 Å². The van der Waals surface area contributed by atoms with Gasteiger partial charge in [-0.15, -0.1) is 0 Å². The third-order valence-electron chi connectivity index (χ3n) is 3.61. The Labute approximate surface area is 151 Å². The lowest BCUT2D eigenvalue weighted by Gasteiger charge is -2.22. The van der Waals surface area contributed by atoms with Crippen LogP contribution in [-0.4, -0.2) is 29.2 Å². The number of nitrogens with zero attached hydrogens (tertiary/aromatic N) is 3. The molecule has 136 valence electrons. The van der Waals surface area contributed by atoms with Crippen LogP contribution in [0.1, 0.15) is 46.2 Å². The summed E-state index contributed by atoms with van der Waals surface area (Å²) in [5, 5.41) is 3.37. The number of nitrogens with one attached hydrogen (secondary N) is 1. The summed E-state index contributed by atoms with van der Waals surface area (Å²) in [6.45, 7) is 12.4. The van der Waals surface area contributed by atoms with Crippen molar-refractivity contribution in [2.24, 2.45) is 0 Å². The highest BCUT2D eigenvalue weighted by Crippen LogP contribution is 2.22. The Morgan fingerprint density at radius 3 is 2.24 bits per heavy atom. The van der Waals surface area contributed by atoms with E-state index in [1.807, 2.05) is 51.1 Å². The van der Waals surface area contributed by atoms with Crippen molar-refractivity contribution in [2.75, 3.05) is 23.3 Å². The third kappa shape index (κ3) is 5.93. The second kappa shape index (κ2) is 9.25. The molecule has 0 radical (unpaired) electrons. The fourth-order valence-electron chi connectivity index (χ4n) is 2.65. The zero-order valence-corrected chi connectivity index (χ0v) is 16.0. The smallest absolute Gasteiger partial charge is 0.227 e. The minimum atomic E-state index is 0.175. The number of anilines is 3. The first-order valence-corrected chi connectivity index (χ1v) is 9.16. The predicted molar refractivity (Wildman–Crippen MR) is 105 cm³/mol. The predicted octanol–water partition coefficient (Wildman–Crippen LogP) is 4.94. The van der Waals surface area contributed by atoms with Gasteiger partial charge in [-0.05, 0) is 57.9 Å². The molecule has 0 aliphatic heterocycles. The lowest BCUT2D eigenvalue weighted by atomic mass is 10.3. The van der Waals surface area contributed by atoms with E-state index in [2.05, 4.69) is 29.0 Å². The first-order valence-electron chi connectivity index (χ1n) is 9.16. The number of hydrogen-bond donors (Lipinski definition) is 1. The summed E-state index contributed by atoms with van der Waals surface area (Å²) in [6.07, 6.45) is 2.34. The van der Waals surface area contributed by atoms with Gasteiger partial charge in [0.05, 0.1) is 6.10 Å². The molecule has 0 saturated heterocycles. The Bertz CT molecular complexity index is 649. The maximum absolute atomic E-state index is 5.68. The monoisotopic (exact) mass is 342 g/mol. The fourth-order valence-corrected chi connectivity index (χ4v) is 2.65. The maximum Gasteiger partial charge on any atom is 0.227 e. The average molecular weight is 342 g/mol. The highest BCUT2D eigenvalue weighted by atomic mass is 16.5. The van der Waals surface area contributed by atoms with Crippen LogP contribution in [-0.2, 0) is 0 Å². The molecule has 0 aliphatic carbocycles. The maximum atomic E-state index is 5.68. The van der Waals surface area contributed by atoms with E-state index in [0.717, 1.165) is 54.8 Å². The minimum Gasteiger partial charge on any atom is -0.491 e. The summed E-state index contributed by atoms with van der Waals surface area (Å²) in [4.78, 5) is 11.6. The molecule has 0 amide bonds. The number of benzene rings is 1. The van der Waals surface area contributed by atoms with E-state index in [1.165, 1.54) is 0 Å². The summed E-state index contributed by atoms with van der Waals surface area (Å²) in [7, 11) is 0. The van der Waals surface area contributed by atoms with Gasteiger partial charge in [0.1, 0.15) is 11.6 Å². The molecule has 1 N–H and O–H groups in total. The van der Waals surface area contributed by atoms with Crippen molar-refractivity contribution in [3.8, 4) is 5.75 Å². The largest absolute Gasteiger partial charge is 0.491 e. The van der Waals surface area contributed by atoms with Crippen LogP contribution in [0.25, 0.3) is 0 Å². The summed E-state index contributed by atoms with van der Waals surface area (Å²) >= 11 is 0. The standard InChI is InChI=1S/C20H30N4O/c1-6-12-24(13-7-2)20-21-16(5)14-19(23-20)22-17-8-10-18(11-9-17)25-15(3)4/h8-11,14-15H,6-7,12-13H2,1-5H3,(H,21,22,23). The highest BCUT2D eigenvalue weighted by Gasteiger charge is 2.10. The van der Waals surface area contributed by atoms with Crippen LogP contribution in [0.2, 0.25) is 0 Å². The van der Waals surface area contributed by atoms with Gasteiger partial charge in [0.2, 0.25) is 5.95 Å². The van der Waals surface area contributed by atoms with Crippen molar-refractivity contribution in [3.05, 3.63) is 36.0 Å². The molecule has 0 spiro atoms. The van der Waals surface area contributed by atoms with Crippen molar-refractivity contribution in [3.63, 3.8) is 0 Å². The Kier molecular flexibility index (Phi) is 7.04. The highest BCUT2D eigenvalue weighted by molar-refractivity contribution is 5.58. The third-order valence-corrected chi connectivity index (χ3v) is 3.61. The van der Waals surface area contributed by atoms with Crippen molar-refractivity contribution in [1.82, 2.24) is 9.97 Å². The summed E-state index contributed by atoms with van der Waals surface area (Å²) < 4.78 is 5.68. The Morgan fingerprint density at radius 1 is 1.04 bits per heavy atom. The van der Waals surface area contributed by atoms with E-state index in [9.17, 15) is 0 Å². The molecule has 2 aromatic rings. The van der Waals surface area contributed by atoms with Crippen LogP contribution >= 0.6 is 0 Å². The molecule has 0 fully saturated rings. The number of aryl methyl sites for hydroxylation is 1. The zero-order valence-electron chi connectivity index (χ0n) is 16.0. The fraction of sp³-hybridized carbons (Fsp3) is 0.500. The average Bonchev–Trinajstić information content (AvgIpc) is 2.55. The van der Waals surface area contributed by atoms with Gasteiger partial charge in [-0.1, -0.05) is 13.8 Å². The van der Waals surface area contributed by atoms with Gasteiger partial charge in [0.15, 0.2) is 0 Å². The van der Waals surface area contributed by atoms with Crippen molar-refractivity contribution in [2.45, 2.75) is 53.6 Å². The quantitative estimate of drug-likeness (QED) is 0.699. The topological polar surface area (TPSA) is 50.3 Å². The van der Waals surface area contributed by atoms with Gasteiger partial charge < -0.3 is 15.0 Å². The number of ether oxygens (including phenoxy) is 1. The minimum absolute atomic E-state index is 0.175. The molecule has 0 bridgehead atoms. The molecule has 5 heteroatoms. The van der Waals surface area contributed by atoms with Gasteiger partial charge >= 0.3 is 0 Å². The summed E-state index contributed by atoms with van der Waals surface area (Å²) in [5.74, 6) is 2.49. The van der Waals surface area contributed by atoms with Crippen molar-refractivity contribution in [1.29, 1.82) is 0 Å². The summed E-state index contributed by atoms with van der Waals surface area (Å²) in [6, 6.07) is 9.92. The van der Waals surface area contributed by atoms with Crippen molar-refractivity contribution >= 4 is 17.5 Å². The Morgan fingerprint density at radius 2 is 1.68 bits per heavy atom. The van der Waals surface area contributed by atoms with Crippen LogP contribution in [0.3, 0.4) is 0 Å². The van der Waals surface area contributed by atoms with Crippen LogP contribution in [0.15, 0.2) is 30.3 Å². The Balaban J connectivity index is 2.16. The van der Waals surface area contributed by atoms with Crippen molar-refractivity contribution < 1.29 is 4.74 Å². The van der Waals surface area contributed by atoms with Gasteiger partial charge in [0.25, 0.3) is 0 Å². The second-order valence-electron chi connectivity index (χ2n) is 6.50. The summed E-state index contributed by atoms with van der Waals surface area (Å²) in [5.41, 5.74) is 1.95. The molecule has 1 aromatic heterocycles. The van der Waals surface area contributed by atoms with E-state index < -0.39 is 0 Å². The van der Waals surface area contributed by atoms with E-state index >= 15 is 0 Å². The number of aromatic nitrogens is 2. The number of rotatable bonds is 9. The van der Waals surface area contributed by atoms with Gasteiger partial charge in [-0.2, -0.15) is 4.98 Å². The lowest BCUT2D eigenvalue weighted by Crippen LogP contribution is -2.27. The molecular weight excluding hydrogens is 312 g/mol. The first kappa shape index (κ1) is 19.0. The molecular formula is C20H30N4O. The van der Waals surface area contributed by atoms with Gasteiger partial charge in [-0.25, -0.2) is 4.98 Å². The molecule has 0 atom stereocenters. The van der Waals surface area contributed by atoms with Gasteiger partial charge in [-0.3, -0.25) is 0 Å². The molecule has 0 unspecified atom stereocenters. The molecule has 1 heterocycles. The Hall–Kier alpha value is -2.30. The normalized spacial score (nSPS) is 10.8. The molecule has 0 aliphatic rings. The number of hydrogen-bond acceptors (Lipinski definition) is 5. The molecule has 1 aromatic carbocycles. The molecule has 0 saturated carbocycles. The molecule has 2 rings (SSSR count). The van der Waals surface area contributed by atoms with Crippen LogP contribution < -0.4 is 15.0 Å². The van der Waals surface area contributed by atoms with E-state index in [0.29, 0.717) is 0 Å².